The van der Waals surface area contributed by atoms with E-state index in [-0.39, 0.29) is 5.25 Å². The third kappa shape index (κ3) is 3.43. The molecule has 0 aliphatic carbocycles. The van der Waals surface area contributed by atoms with Crippen molar-refractivity contribution in [2.45, 2.75) is 10.3 Å². The van der Waals surface area contributed by atoms with Gasteiger partial charge in [0.05, 0.1) is 5.25 Å². The van der Waals surface area contributed by atoms with Crippen LogP contribution in [0.3, 0.4) is 0 Å². The summed E-state index contributed by atoms with van der Waals surface area (Å²) >= 11 is 7.52. The van der Waals surface area contributed by atoms with Crippen LogP contribution in [-0.2, 0) is 0 Å². The maximum absolute atomic E-state index is 11.9. The van der Waals surface area contributed by atoms with Gasteiger partial charge in [-0.1, -0.05) is 54.1 Å². The lowest BCUT2D eigenvalue weighted by atomic mass is 10.0. The molecule has 0 aliphatic heterocycles. The minimum absolute atomic E-state index is 0.0427. The molecule has 1 atom stereocenters. The number of nitrogens with zero attached hydrogens (tertiary/aromatic N) is 1. The number of pyridine rings is 1. The number of halogens is 1. The first-order valence-electron chi connectivity index (χ1n) is 6.89. The van der Waals surface area contributed by atoms with Gasteiger partial charge in [-0.15, -0.1) is 0 Å². The number of rotatable bonds is 4. The Balaban J connectivity index is 2.00. The molecule has 4 heteroatoms. The lowest BCUT2D eigenvalue weighted by molar-refractivity contribution is -0.645. The van der Waals surface area contributed by atoms with Crippen molar-refractivity contribution in [3.05, 3.63) is 100 Å². The van der Waals surface area contributed by atoms with Gasteiger partial charge in [0, 0.05) is 17.2 Å². The van der Waals surface area contributed by atoms with E-state index in [2.05, 4.69) is 12.1 Å². The summed E-state index contributed by atoms with van der Waals surface area (Å²) in [6.07, 6.45) is 1.52. The van der Waals surface area contributed by atoms with Crippen LogP contribution in [0.1, 0.15) is 16.4 Å². The molecule has 0 bridgehead atoms. The highest BCUT2D eigenvalue weighted by Gasteiger charge is 2.19. The van der Waals surface area contributed by atoms with Crippen LogP contribution < -0.4 is 4.73 Å². The van der Waals surface area contributed by atoms with E-state index in [4.69, 9.17) is 11.6 Å². The average molecular weight is 328 g/mol. The summed E-state index contributed by atoms with van der Waals surface area (Å²) < 4.78 is 0.899. The molecule has 22 heavy (non-hydrogen) atoms. The molecule has 0 spiro atoms. The van der Waals surface area contributed by atoms with Crippen LogP contribution in [0, 0.1) is 5.21 Å². The minimum Gasteiger partial charge on any atom is -0.618 e. The van der Waals surface area contributed by atoms with Crippen molar-refractivity contribution in [2.24, 2.45) is 0 Å². The average Bonchev–Trinajstić information content (AvgIpc) is 2.56. The highest BCUT2D eigenvalue weighted by Crippen LogP contribution is 2.39. The van der Waals surface area contributed by atoms with Crippen molar-refractivity contribution < 1.29 is 4.73 Å². The number of benzene rings is 2. The van der Waals surface area contributed by atoms with Gasteiger partial charge in [-0.05, 0) is 41.1 Å². The van der Waals surface area contributed by atoms with Crippen molar-refractivity contribution in [3.63, 3.8) is 0 Å². The topological polar surface area (TPSA) is 26.9 Å². The van der Waals surface area contributed by atoms with Crippen molar-refractivity contribution in [2.75, 3.05) is 0 Å². The molecule has 2 nitrogen and oxygen atoms in total. The van der Waals surface area contributed by atoms with E-state index in [9.17, 15) is 5.21 Å². The summed E-state index contributed by atoms with van der Waals surface area (Å²) in [5, 5.41) is 13.4. The molecule has 0 saturated carbocycles. The first-order chi connectivity index (χ1) is 10.7. The van der Waals surface area contributed by atoms with Gasteiger partial charge in [0.2, 0.25) is 0 Å². The Hall–Kier alpha value is -1.97. The summed E-state index contributed by atoms with van der Waals surface area (Å²) in [4.78, 5) is 0. The predicted molar refractivity (Wildman–Crippen MR) is 91.0 cm³/mol. The molecule has 0 radical (unpaired) electrons. The van der Waals surface area contributed by atoms with E-state index >= 15 is 0 Å². The van der Waals surface area contributed by atoms with Gasteiger partial charge in [-0.2, -0.15) is 4.73 Å². The Bertz CT molecular complexity index is 747. The molecule has 0 fully saturated rings. The van der Waals surface area contributed by atoms with E-state index in [0.29, 0.717) is 10.0 Å². The monoisotopic (exact) mass is 327 g/mol. The SMILES string of the molecule is [O-][n+]1ccccc1S[C@H](c1ccccc1)c1ccc(Cl)cc1. The summed E-state index contributed by atoms with van der Waals surface area (Å²) in [5.41, 5.74) is 2.27. The Morgan fingerprint density at radius 3 is 2.14 bits per heavy atom. The zero-order chi connectivity index (χ0) is 15.4. The molecule has 0 amide bonds. The van der Waals surface area contributed by atoms with Crippen molar-refractivity contribution >= 4 is 23.4 Å². The van der Waals surface area contributed by atoms with Crippen LogP contribution >= 0.6 is 23.4 Å². The van der Waals surface area contributed by atoms with Crippen molar-refractivity contribution in [1.29, 1.82) is 0 Å². The Labute approximate surface area is 139 Å². The molecular formula is C18H14ClNOS. The maximum Gasteiger partial charge on any atom is 0.252 e. The molecular weight excluding hydrogens is 314 g/mol. The van der Waals surface area contributed by atoms with Gasteiger partial charge in [0.25, 0.3) is 5.03 Å². The fourth-order valence-corrected chi connectivity index (χ4v) is 3.49. The van der Waals surface area contributed by atoms with E-state index in [0.717, 1.165) is 15.9 Å². The van der Waals surface area contributed by atoms with Crippen molar-refractivity contribution in [1.82, 2.24) is 0 Å². The van der Waals surface area contributed by atoms with Gasteiger partial charge < -0.3 is 5.21 Å². The predicted octanol–water partition coefficient (Wildman–Crippen LogP) is 4.86. The molecule has 0 N–H and O–H groups in total. The molecule has 0 aliphatic rings. The second-order valence-corrected chi connectivity index (χ2v) is 6.39. The summed E-state index contributed by atoms with van der Waals surface area (Å²) in [6, 6.07) is 23.4. The lowest BCUT2D eigenvalue weighted by Gasteiger charge is -2.17. The molecule has 1 aromatic heterocycles. The van der Waals surface area contributed by atoms with E-state index < -0.39 is 0 Å². The summed E-state index contributed by atoms with van der Waals surface area (Å²) in [7, 11) is 0. The van der Waals surface area contributed by atoms with Crippen LogP contribution in [0.4, 0.5) is 0 Å². The molecule has 3 aromatic rings. The largest absolute Gasteiger partial charge is 0.618 e. The minimum atomic E-state index is 0.0427. The molecule has 1 heterocycles. The van der Waals surface area contributed by atoms with Gasteiger partial charge in [0.15, 0.2) is 6.20 Å². The second kappa shape index (κ2) is 6.86. The second-order valence-electron chi connectivity index (χ2n) is 4.82. The van der Waals surface area contributed by atoms with Crippen LogP contribution in [0.2, 0.25) is 5.02 Å². The first-order valence-corrected chi connectivity index (χ1v) is 8.15. The van der Waals surface area contributed by atoms with Gasteiger partial charge in [-0.25, -0.2) is 0 Å². The van der Waals surface area contributed by atoms with E-state index in [1.165, 1.54) is 18.0 Å². The third-order valence-electron chi connectivity index (χ3n) is 3.30. The fourth-order valence-electron chi connectivity index (χ4n) is 2.22. The van der Waals surface area contributed by atoms with Crippen LogP contribution in [0.25, 0.3) is 0 Å². The zero-order valence-corrected chi connectivity index (χ0v) is 13.3. The molecule has 110 valence electrons. The Morgan fingerprint density at radius 1 is 0.818 bits per heavy atom. The lowest BCUT2D eigenvalue weighted by Crippen LogP contribution is -2.28. The van der Waals surface area contributed by atoms with Gasteiger partial charge in [0.1, 0.15) is 0 Å². The number of hydrogen-bond donors (Lipinski definition) is 0. The van der Waals surface area contributed by atoms with Gasteiger partial charge >= 0.3 is 0 Å². The van der Waals surface area contributed by atoms with E-state index in [1.807, 2.05) is 54.6 Å². The normalized spacial score (nSPS) is 12.0. The third-order valence-corrected chi connectivity index (χ3v) is 4.89. The Kier molecular flexibility index (Phi) is 4.66. The van der Waals surface area contributed by atoms with Crippen LogP contribution in [0.15, 0.2) is 84.0 Å². The molecule has 0 saturated heterocycles. The van der Waals surface area contributed by atoms with Crippen LogP contribution in [0.5, 0.6) is 0 Å². The summed E-state index contributed by atoms with van der Waals surface area (Å²) in [5.74, 6) is 0. The number of thioether (sulfide) groups is 1. The zero-order valence-electron chi connectivity index (χ0n) is 11.7. The summed E-state index contributed by atoms with van der Waals surface area (Å²) in [6.45, 7) is 0. The molecule has 3 rings (SSSR count). The number of hydrogen-bond acceptors (Lipinski definition) is 2. The Morgan fingerprint density at radius 2 is 1.45 bits per heavy atom. The van der Waals surface area contributed by atoms with Crippen LogP contribution in [-0.4, -0.2) is 0 Å². The fraction of sp³-hybridized carbons (Fsp3) is 0.0556. The first kappa shape index (κ1) is 14.9. The van der Waals surface area contributed by atoms with Crippen molar-refractivity contribution in [3.8, 4) is 0 Å². The van der Waals surface area contributed by atoms with Gasteiger partial charge in [-0.3, -0.25) is 0 Å². The van der Waals surface area contributed by atoms with E-state index in [1.54, 1.807) is 6.07 Å². The standard InChI is InChI=1S/C18H14ClNOS/c19-16-11-9-15(10-12-16)18(14-6-2-1-3-7-14)22-17-8-4-5-13-20(17)21/h1-13,18H/t18-/m1/s1. The quantitative estimate of drug-likeness (QED) is 0.389. The molecule has 0 unspecified atom stereocenters. The molecule has 2 aromatic carbocycles. The number of aromatic nitrogens is 1. The maximum atomic E-state index is 11.9. The highest BCUT2D eigenvalue weighted by molar-refractivity contribution is 7.99. The smallest absolute Gasteiger partial charge is 0.252 e. The highest BCUT2D eigenvalue weighted by atomic mass is 35.5.